The molecule has 7 heteroatoms. The highest BCUT2D eigenvalue weighted by atomic mass is 16.5. The number of hydrogen-bond acceptors (Lipinski definition) is 5. The zero-order chi connectivity index (χ0) is 14.2. The van der Waals surface area contributed by atoms with Gasteiger partial charge in [-0.15, -0.1) is 0 Å². The molecule has 0 aromatic carbocycles. The summed E-state index contributed by atoms with van der Waals surface area (Å²) in [6.07, 6.45) is 0. The Balaban J connectivity index is 1.53. The van der Waals surface area contributed by atoms with Crippen LogP contribution in [0.5, 0.6) is 0 Å². The lowest BCUT2D eigenvalue weighted by Crippen LogP contribution is -2.49. The molecular formula is C13H25N3O4. The van der Waals surface area contributed by atoms with Crippen molar-refractivity contribution in [1.82, 2.24) is 15.1 Å². The summed E-state index contributed by atoms with van der Waals surface area (Å²) in [6.45, 7) is 6.95. The predicted octanol–water partition coefficient (Wildman–Crippen LogP) is -0.625. The summed E-state index contributed by atoms with van der Waals surface area (Å²) in [5.74, 6) is 0. The molecular weight excluding hydrogens is 262 g/mol. The molecule has 2 fully saturated rings. The van der Waals surface area contributed by atoms with Gasteiger partial charge in [-0.05, 0) is 0 Å². The van der Waals surface area contributed by atoms with E-state index < -0.39 is 0 Å². The fourth-order valence-corrected chi connectivity index (χ4v) is 2.52. The second-order valence-corrected chi connectivity index (χ2v) is 5.00. The van der Waals surface area contributed by atoms with Gasteiger partial charge < -0.3 is 29.3 Å². The molecule has 7 nitrogen and oxygen atoms in total. The second kappa shape index (κ2) is 8.41. The highest BCUT2D eigenvalue weighted by molar-refractivity contribution is 5.77. The molecule has 2 aliphatic rings. The number of methoxy groups -OCH3 is 1. The monoisotopic (exact) mass is 287 g/mol. The van der Waals surface area contributed by atoms with E-state index in [2.05, 4.69) is 5.32 Å². The van der Waals surface area contributed by atoms with E-state index in [9.17, 15) is 4.79 Å². The van der Waals surface area contributed by atoms with E-state index in [0.717, 1.165) is 26.2 Å². The van der Waals surface area contributed by atoms with E-state index in [-0.39, 0.29) is 6.03 Å². The van der Waals surface area contributed by atoms with Crippen molar-refractivity contribution < 1.29 is 19.0 Å². The third-order valence-corrected chi connectivity index (χ3v) is 3.61. The summed E-state index contributed by atoms with van der Waals surface area (Å²) in [7, 11) is 1.65. The Bertz CT molecular complexity index is 303. The molecule has 2 saturated heterocycles. The molecule has 0 aliphatic carbocycles. The minimum Gasteiger partial charge on any atom is -0.382 e. The maximum absolute atomic E-state index is 12.1. The molecule has 1 atom stereocenters. The zero-order valence-corrected chi connectivity index (χ0v) is 12.2. The number of rotatable bonds is 9. The number of nitrogens with one attached hydrogen (secondary N) is 1. The van der Waals surface area contributed by atoms with Crippen LogP contribution in [0.4, 0.5) is 4.79 Å². The quantitative estimate of drug-likeness (QED) is 0.572. The van der Waals surface area contributed by atoms with E-state index >= 15 is 0 Å². The lowest BCUT2D eigenvalue weighted by molar-refractivity contribution is 0.0220. The number of carbonyl (C=O) groups excluding carboxylic acids is 1. The lowest BCUT2D eigenvalue weighted by Gasteiger charge is -2.28. The molecule has 0 radical (unpaired) electrons. The van der Waals surface area contributed by atoms with Gasteiger partial charge in [0.1, 0.15) is 0 Å². The van der Waals surface area contributed by atoms with Crippen LogP contribution in [0.2, 0.25) is 0 Å². The summed E-state index contributed by atoms with van der Waals surface area (Å²) >= 11 is 0. The van der Waals surface area contributed by atoms with Crippen molar-refractivity contribution in [3.05, 3.63) is 0 Å². The summed E-state index contributed by atoms with van der Waals surface area (Å²) < 4.78 is 15.7. The molecule has 20 heavy (non-hydrogen) atoms. The molecule has 2 amide bonds. The van der Waals surface area contributed by atoms with Crippen LogP contribution in [0.25, 0.3) is 0 Å². The van der Waals surface area contributed by atoms with Crippen molar-refractivity contribution in [2.75, 3.05) is 72.9 Å². The van der Waals surface area contributed by atoms with Gasteiger partial charge >= 0.3 is 6.03 Å². The third kappa shape index (κ3) is 4.31. The molecule has 0 saturated carbocycles. The number of ether oxygens (including phenoxy) is 3. The average molecular weight is 287 g/mol. The molecule has 116 valence electrons. The van der Waals surface area contributed by atoms with Gasteiger partial charge in [-0.3, -0.25) is 0 Å². The summed E-state index contributed by atoms with van der Waals surface area (Å²) in [6, 6.07) is 0.477. The molecule has 0 aromatic rings. The fraction of sp³-hybridized carbons (Fsp3) is 0.923. The summed E-state index contributed by atoms with van der Waals surface area (Å²) in [5, 5.41) is 3.32. The summed E-state index contributed by atoms with van der Waals surface area (Å²) in [5.41, 5.74) is 0. The first-order valence-corrected chi connectivity index (χ1v) is 7.23. The van der Waals surface area contributed by atoms with E-state index in [1.165, 1.54) is 0 Å². The molecule has 2 heterocycles. The van der Waals surface area contributed by atoms with Gasteiger partial charge in [-0.1, -0.05) is 0 Å². The van der Waals surface area contributed by atoms with Crippen LogP contribution in [0, 0.1) is 0 Å². The Labute approximate surface area is 120 Å². The first-order valence-electron chi connectivity index (χ1n) is 7.23. The Kier molecular flexibility index (Phi) is 6.52. The van der Waals surface area contributed by atoms with Crippen LogP contribution in [0.15, 0.2) is 0 Å². The van der Waals surface area contributed by atoms with Crippen molar-refractivity contribution in [3.8, 4) is 0 Å². The molecule has 2 aliphatic heterocycles. The first kappa shape index (κ1) is 15.5. The molecule has 1 N–H and O–H groups in total. The standard InChI is InChI=1S/C13H25N3O4/c1-18-6-7-20-9-8-19-5-4-15-11-12-10-14-2-3-16(12)13(15)17/h12,14H,2-11H2,1H3. The van der Waals surface area contributed by atoms with Gasteiger partial charge in [0.15, 0.2) is 0 Å². The molecule has 0 spiro atoms. The van der Waals surface area contributed by atoms with Crippen molar-refractivity contribution >= 4 is 6.03 Å². The van der Waals surface area contributed by atoms with Crippen LogP contribution in [-0.2, 0) is 14.2 Å². The maximum atomic E-state index is 12.1. The summed E-state index contributed by atoms with van der Waals surface area (Å²) in [4.78, 5) is 15.9. The zero-order valence-electron chi connectivity index (χ0n) is 12.2. The number of urea groups is 1. The van der Waals surface area contributed by atoms with Gasteiger partial charge in [0.05, 0.1) is 39.1 Å². The van der Waals surface area contributed by atoms with Gasteiger partial charge in [0.25, 0.3) is 0 Å². The Morgan fingerprint density at radius 1 is 1.20 bits per heavy atom. The SMILES string of the molecule is COCCOCCOCCN1CC2CNCCN2C1=O. The van der Waals surface area contributed by atoms with Crippen LogP contribution in [0.1, 0.15) is 0 Å². The fourth-order valence-electron chi connectivity index (χ4n) is 2.52. The number of piperazine rings is 1. The topological polar surface area (TPSA) is 63.3 Å². The van der Waals surface area contributed by atoms with E-state index in [4.69, 9.17) is 14.2 Å². The van der Waals surface area contributed by atoms with E-state index in [0.29, 0.717) is 45.6 Å². The number of amides is 2. The van der Waals surface area contributed by atoms with E-state index in [1.54, 1.807) is 7.11 Å². The van der Waals surface area contributed by atoms with E-state index in [1.807, 2.05) is 9.80 Å². The Morgan fingerprint density at radius 3 is 2.70 bits per heavy atom. The smallest absolute Gasteiger partial charge is 0.320 e. The maximum Gasteiger partial charge on any atom is 0.320 e. The third-order valence-electron chi connectivity index (χ3n) is 3.61. The van der Waals surface area contributed by atoms with Crippen molar-refractivity contribution in [2.45, 2.75) is 6.04 Å². The minimum atomic E-state index is 0.149. The van der Waals surface area contributed by atoms with Crippen LogP contribution in [-0.4, -0.2) is 94.7 Å². The Morgan fingerprint density at radius 2 is 1.95 bits per heavy atom. The Hall–Kier alpha value is -0.890. The van der Waals surface area contributed by atoms with Gasteiger partial charge in [0.2, 0.25) is 0 Å². The number of fused-ring (bicyclic) bond motifs is 1. The van der Waals surface area contributed by atoms with Crippen molar-refractivity contribution in [2.24, 2.45) is 0 Å². The number of nitrogens with zero attached hydrogens (tertiary/aromatic N) is 2. The largest absolute Gasteiger partial charge is 0.382 e. The van der Waals surface area contributed by atoms with Gasteiger partial charge in [0, 0.05) is 39.8 Å². The highest BCUT2D eigenvalue weighted by Crippen LogP contribution is 2.16. The van der Waals surface area contributed by atoms with Crippen LogP contribution in [0.3, 0.4) is 0 Å². The minimum absolute atomic E-state index is 0.149. The number of carbonyl (C=O) groups is 1. The van der Waals surface area contributed by atoms with Crippen molar-refractivity contribution in [1.29, 1.82) is 0 Å². The second-order valence-electron chi connectivity index (χ2n) is 5.00. The highest BCUT2D eigenvalue weighted by Gasteiger charge is 2.37. The number of hydrogen-bond donors (Lipinski definition) is 1. The molecule has 0 bridgehead atoms. The van der Waals surface area contributed by atoms with Gasteiger partial charge in [-0.2, -0.15) is 0 Å². The molecule has 2 rings (SSSR count). The molecule has 1 unspecified atom stereocenters. The van der Waals surface area contributed by atoms with Crippen molar-refractivity contribution in [3.63, 3.8) is 0 Å². The lowest BCUT2D eigenvalue weighted by atomic mass is 10.2. The molecule has 0 aromatic heterocycles. The van der Waals surface area contributed by atoms with Crippen LogP contribution >= 0.6 is 0 Å². The van der Waals surface area contributed by atoms with Gasteiger partial charge in [-0.25, -0.2) is 4.79 Å². The van der Waals surface area contributed by atoms with Crippen LogP contribution < -0.4 is 5.32 Å². The normalized spacial score (nSPS) is 22.4. The average Bonchev–Trinajstić information content (AvgIpc) is 2.79. The predicted molar refractivity (Wildman–Crippen MR) is 73.8 cm³/mol. The first-order chi connectivity index (χ1) is 9.83.